The van der Waals surface area contributed by atoms with Crippen molar-refractivity contribution in [2.75, 3.05) is 13.2 Å². The molecule has 0 unspecified atom stereocenters. The first-order valence-corrected chi connectivity index (χ1v) is 8.31. The van der Waals surface area contributed by atoms with Crippen LogP contribution in [0.3, 0.4) is 0 Å². The van der Waals surface area contributed by atoms with Crippen LogP contribution in [0.2, 0.25) is 5.02 Å². The maximum absolute atomic E-state index is 12.9. The molecule has 0 atom stereocenters. The molecule has 0 amide bonds. The van der Waals surface area contributed by atoms with E-state index in [1.54, 1.807) is 12.1 Å². The number of halogens is 4. The molecule has 2 heterocycles. The second-order valence-corrected chi connectivity index (χ2v) is 6.23. The first-order chi connectivity index (χ1) is 12.9. The topological polar surface area (TPSA) is 62.1 Å². The van der Waals surface area contributed by atoms with Crippen LogP contribution in [0.15, 0.2) is 36.4 Å². The number of hydrogen-bond donors (Lipinski definition) is 0. The van der Waals surface area contributed by atoms with Gasteiger partial charge in [0.2, 0.25) is 5.82 Å². The Bertz CT molecular complexity index is 991. The van der Waals surface area contributed by atoms with Gasteiger partial charge in [-0.05, 0) is 35.0 Å². The lowest BCUT2D eigenvalue weighted by molar-refractivity contribution is -0.137. The molecule has 1 aliphatic rings. The second kappa shape index (κ2) is 6.73. The standard InChI is InChI=1S/C17H12ClF3N4O2/c18-13-6-10(7-14-15(13)27-5-4-26-14)9-25-23-16(22-24-25)11-2-1-3-12(8-11)17(19,20)21/h1-3,6-8H,4-5,9H2. The molecule has 27 heavy (non-hydrogen) atoms. The number of fused-ring (bicyclic) bond motifs is 1. The molecule has 10 heteroatoms. The van der Waals surface area contributed by atoms with Crippen LogP contribution in [0.4, 0.5) is 13.2 Å². The molecular weight excluding hydrogens is 385 g/mol. The Morgan fingerprint density at radius 1 is 1.11 bits per heavy atom. The van der Waals surface area contributed by atoms with Crippen molar-refractivity contribution >= 4 is 11.6 Å². The highest BCUT2D eigenvalue weighted by molar-refractivity contribution is 6.32. The van der Waals surface area contributed by atoms with Gasteiger partial charge in [0, 0.05) is 5.56 Å². The van der Waals surface area contributed by atoms with Crippen LogP contribution in [-0.2, 0) is 12.7 Å². The van der Waals surface area contributed by atoms with Crippen molar-refractivity contribution in [2.45, 2.75) is 12.7 Å². The summed E-state index contributed by atoms with van der Waals surface area (Å²) < 4.78 is 49.5. The quantitative estimate of drug-likeness (QED) is 0.673. The first kappa shape index (κ1) is 17.6. The third-order valence-electron chi connectivity index (χ3n) is 3.88. The SMILES string of the molecule is FC(F)(F)c1cccc(-c2nnn(Cc3cc(Cl)c4c(c3)OCCO4)n2)c1. The molecule has 0 saturated heterocycles. The highest BCUT2D eigenvalue weighted by Gasteiger charge is 2.30. The normalized spacial score (nSPS) is 13.6. The number of rotatable bonds is 3. The van der Waals surface area contributed by atoms with Crippen LogP contribution in [-0.4, -0.2) is 33.4 Å². The number of nitrogens with zero attached hydrogens (tertiary/aromatic N) is 4. The molecule has 4 rings (SSSR count). The molecule has 0 N–H and O–H groups in total. The summed E-state index contributed by atoms with van der Waals surface area (Å²) in [7, 11) is 0. The van der Waals surface area contributed by atoms with Crippen molar-refractivity contribution in [1.29, 1.82) is 0 Å². The Hall–Kier alpha value is -2.81. The van der Waals surface area contributed by atoms with Crippen molar-refractivity contribution in [3.63, 3.8) is 0 Å². The Balaban J connectivity index is 1.58. The average Bonchev–Trinajstić information content (AvgIpc) is 3.10. The summed E-state index contributed by atoms with van der Waals surface area (Å²) in [6.45, 7) is 1.08. The molecule has 0 fully saturated rings. The van der Waals surface area contributed by atoms with Crippen molar-refractivity contribution in [3.05, 3.63) is 52.5 Å². The fraction of sp³-hybridized carbons (Fsp3) is 0.235. The van der Waals surface area contributed by atoms with Crippen molar-refractivity contribution in [1.82, 2.24) is 20.2 Å². The van der Waals surface area contributed by atoms with E-state index >= 15 is 0 Å². The number of aromatic nitrogens is 4. The Kier molecular flexibility index (Phi) is 4.39. The van der Waals surface area contributed by atoms with E-state index in [9.17, 15) is 13.2 Å². The van der Waals surface area contributed by atoms with Crippen LogP contribution in [0.5, 0.6) is 11.5 Å². The molecular formula is C17H12ClF3N4O2. The van der Waals surface area contributed by atoms with Gasteiger partial charge in [-0.2, -0.15) is 18.0 Å². The monoisotopic (exact) mass is 396 g/mol. The van der Waals surface area contributed by atoms with Crippen LogP contribution in [0.25, 0.3) is 11.4 Å². The third kappa shape index (κ3) is 3.68. The molecule has 1 aromatic heterocycles. The molecule has 0 aliphatic carbocycles. The molecule has 0 radical (unpaired) electrons. The molecule has 0 saturated carbocycles. The molecule has 140 valence electrons. The zero-order chi connectivity index (χ0) is 19.0. The summed E-state index contributed by atoms with van der Waals surface area (Å²) in [5, 5.41) is 12.3. The average molecular weight is 397 g/mol. The lowest BCUT2D eigenvalue weighted by atomic mass is 10.1. The summed E-state index contributed by atoms with van der Waals surface area (Å²) in [4.78, 5) is 1.28. The fourth-order valence-electron chi connectivity index (χ4n) is 2.68. The fourth-order valence-corrected chi connectivity index (χ4v) is 2.97. The van der Waals surface area contributed by atoms with Crippen molar-refractivity contribution < 1.29 is 22.6 Å². The van der Waals surface area contributed by atoms with E-state index in [1.807, 2.05) is 0 Å². The van der Waals surface area contributed by atoms with E-state index < -0.39 is 11.7 Å². The minimum absolute atomic E-state index is 0.102. The minimum Gasteiger partial charge on any atom is -0.486 e. The van der Waals surface area contributed by atoms with E-state index in [0.717, 1.165) is 17.7 Å². The van der Waals surface area contributed by atoms with Crippen LogP contribution < -0.4 is 9.47 Å². The van der Waals surface area contributed by atoms with Gasteiger partial charge in [0.05, 0.1) is 17.1 Å². The molecule has 6 nitrogen and oxygen atoms in total. The van der Waals surface area contributed by atoms with Crippen LogP contribution in [0.1, 0.15) is 11.1 Å². The molecule has 1 aliphatic heterocycles. The van der Waals surface area contributed by atoms with Gasteiger partial charge in [0.25, 0.3) is 0 Å². The van der Waals surface area contributed by atoms with Gasteiger partial charge < -0.3 is 9.47 Å². The van der Waals surface area contributed by atoms with Crippen LogP contribution >= 0.6 is 11.6 Å². The second-order valence-electron chi connectivity index (χ2n) is 5.82. The highest BCUT2D eigenvalue weighted by atomic mass is 35.5. The summed E-state index contributed by atoms with van der Waals surface area (Å²) in [5.74, 6) is 1.12. The number of ether oxygens (including phenoxy) is 2. The largest absolute Gasteiger partial charge is 0.486 e. The van der Waals surface area contributed by atoms with Gasteiger partial charge in [-0.25, -0.2) is 0 Å². The summed E-state index contributed by atoms with van der Waals surface area (Å²) in [6, 6.07) is 8.24. The summed E-state index contributed by atoms with van der Waals surface area (Å²) in [6.07, 6.45) is -4.44. The third-order valence-corrected chi connectivity index (χ3v) is 4.16. The van der Waals surface area contributed by atoms with Gasteiger partial charge in [-0.15, -0.1) is 10.2 Å². The van der Waals surface area contributed by atoms with Gasteiger partial charge in [0.15, 0.2) is 11.5 Å². The minimum atomic E-state index is -4.44. The lowest BCUT2D eigenvalue weighted by Gasteiger charge is -2.20. The summed E-state index contributed by atoms with van der Waals surface area (Å²) >= 11 is 6.20. The molecule has 3 aromatic rings. The van der Waals surface area contributed by atoms with E-state index in [2.05, 4.69) is 15.4 Å². The highest BCUT2D eigenvalue weighted by Crippen LogP contribution is 2.38. The van der Waals surface area contributed by atoms with E-state index in [1.165, 1.54) is 16.9 Å². The molecule has 2 aromatic carbocycles. The Labute approximate surface area is 156 Å². The van der Waals surface area contributed by atoms with Gasteiger partial charge in [-0.1, -0.05) is 23.7 Å². The zero-order valence-electron chi connectivity index (χ0n) is 13.7. The zero-order valence-corrected chi connectivity index (χ0v) is 14.5. The number of alkyl halides is 3. The van der Waals surface area contributed by atoms with Gasteiger partial charge >= 0.3 is 6.18 Å². The van der Waals surface area contributed by atoms with Gasteiger partial charge in [0.1, 0.15) is 13.2 Å². The maximum atomic E-state index is 12.9. The Morgan fingerprint density at radius 2 is 1.93 bits per heavy atom. The van der Waals surface area contributed by atoms with E-state index in [4.69, 9.17) is 21.1 Å². The number of tetrazole rings is 1. The number of benzene rings is 2. The predicted molar refractivity (Wildman–Crippen MR) is 89.8 cm³/mol. The molecule has 0 spiro atoms. The maximum Gasteiger partial charge on any atom is 0.416 e. The van der Waals surface area contributed by atoms with Crippen molar-refractivity contribution in [2.24, 2.45) is 0 Å². The molecule has 0 bridgehead atoms. The summed E-state index contributed by atoms with van der Waals surface area (Å²) in [5.41, 5.74) is 0.212. The van der Waals surface area contributed by atoms with Crippen LogP contribution in [0, 0.1) is 0 Å². The van der Waals surface area contributed by atoms with Gasteiger partial charge in [-0.3, -0.25) is 0 Å². The smallest absolute Gasteiger partial charge is 0.416 e. The van der Waals surface area contributed by atoms with E-state index in [-0.39, 0.29) is 17.9 Å². The predicted octanol–water partition coefficient (Wildman–Crippen LogP) is 3.83. The van der Waals surface area contributed by atoms with Crippen molar-refractivity contribution in [3.8, 4) is 22.9 Å². The number of hydrogen-bond acceptors (Lipinski definition) is 5. The lowest BCUT2D eigenvalue weighted by Crippen LogP contribution is -2.16. The Morgan fingerprint density at radius 3 is 2.74 bits per heavy atom. The first-order valence-electron chi connectivity index (χ1n) is 7.93. The van der Waals surface area contributed by atoms with E-state index in [0.29, 0.717) is 29.7 Å².